The second kappa shape index (κ2) is 9.56. The quantitative estimate of drug-likeness (QED) is 0.396. The first-order valence-electron chi connectivity index (χ1n) is 8.73. The van der Waals surface area contributed by atoms with Crippen LogP contribution in [0.3, 0.4) is 0 Å². The Bertz CT molecular complexity index is 804. The Kier molecular flexibility index (Phi) is 7.16. The number of hydrogen-bond donors (Lipinski definition) is 3. The van der Waals surface area contributed by atoms with Gasteiger partial charge in [-0.1, -0.05) is 6.07 Å². The van der Waals surface area contributed by atoms with Crippen LogP contribution < -0.4 is 21.1 Å². The molecule has 144 valence electrons. The van der Waals surface area contributed by atoms with Crippen LogP contribution in [-0.4, -0.2) is 31.1 Å². The Morgan fingerprint density at radius 2 is 1.93 bits per heavy atom. The summed E-state index contributed by atoms with van der Waals surface area (Å²) in [5, 5.41) is 5.64. The lowest BCUT2D eigenvalue weighted by Crippen LogP contribution is -2.28. The summed E-state index contributed by atoms with van der Waals surface area (Å²) in [5.74, 6) is 0.264. The van der Waals surface area contributed by atoms with Crippen LogP contribution in [0, 0.1) is 12.7 Å². The predicted octanol–water partition coefficient (Wildman–Crippen LogP) is 3.08. The molecule has 1 amide bonds. The average molecular weight is 372 g/mol. The maximum atomic E-state index is 13.5. The number of carbonyl (C=O) groups excluding carboxylic acids is 1. The van der Waals surface area contributed by atoms with Gasteiger partial charge in [-0.25, -0.2) is 4.39 Å². The van der Waals surface area contributed by atoms with Gasteiger partial charge in [-0.2, -0.15) is 0 Å². The molecule has 2 rings (SSSR count). The molecule has 2 aromatic rings. The minimum absolute atomic E-state index is 0.113. The Morgan fingerprint density at radius 1 is 1.22 bits per heavy atom. The van der Waals surface area contributed by atoms with Gasteiger partial charge in [0.15, 0.2) is 5.96 Å². The molecule has 0 unspecified atom stereocenters. The number of guanidine groups is 1. The number of nitrogens with one attached hydrogen (secondary N) is 2. The molecule has 0 fully saturated rings. The molecule has 0 heterocycles. The van der Waals surface area contributed by atoms with E-state index in [4.69, 9.17) is 10.5 Å². The maximum Gasteiger partial charge on any atom is 0.251 e. The van der Waals surface area contributed by atoms with Crippen LogP contribution in [0.2, 0.25) is 0 Å². The Hall–Kier alpha value is -3.09. The van der Waals surface area contributed by atoms with Crippen LogP contribution in [0.5, 0.6) is 5.75 Å². The number of anilines is 1. The highest BCUT2D eigenvalue weighted by Crippen LogP contribution is 2.16. The highest BCUT2D eigenvalue weighted by molar-refractivity contribution is 5.94. The zero-order valence-corrected chi connectivity index (χ0v) is 15.8. The third-order valence-corrected chi connectivity index (χ3v) is 3.61. The number of halogens is 1. The van der Waals surface area contributed by atoms with Gasteiger partial charge in [0.05, 0.1) is 12.6 Å². The fraction of sp³-hybridized carbons (Fsp3) is 0.300. The summed E-state index contributed by atoms with van der Waals surface area (Å²) in [6, 6.07) is 11.7. The number of hydrogen-bond acceptors (Lipinski definition) is 3. The fourth-order valence-corrected chi connectivity index (χ4v) is 2.26. The van der Waals surface area contributed by atoms with Crippen molar-refractivity contribution in [2.24, 2.45) is 10.7 Å². The van der Waals surface area contributed by atoms with Gasteiger partial charge in [0.2, 0.25) is 0 Å². The van der Waals surface area contributed by atoms with E-state index in [0.717, 1.165) is 11.4 Å². The second-order valence-electron chi connectivity index (χ2n) is 6.30. The molecule has 7 heteroatoms. The van der Waals surface area contributed by atoms with Gasteiger partial charge in [0.25, 0.3) is 5.91 Å². The number of carbonyl (C=O) groups is 1. The van der Waals surface area contributed by atoms with Crippen molar-refractivity contribution in [3.05, 3.63) is 59.4 Å². The zero-order chi connectivity index (χ0) is 19.8. The molecule has 0 radical (unpaired) electrons. The Labute approximate surface area is 158 Å². The van der Waals surface area contributed by atoms with Crippen LogP contribution in [0.25, 0.3) is 0 Å². The third kappa shape index (κ3) is 6.62. The summed E-state index contributed by atoms with van der Waals surface area (Å²) >= 11 is 0. The van der Waals surface area contributed by atoms with Crippen LogP contribution >= 0.6 is 0 Å². The molecule has 0 aromatic heterocycles. The van der Waals surface area contributed by atoms with Crippen molar-refractivity contribution in [1.29, 1.82) is 0 Å². The molecule has 0 saturated heterocycles. The van der Waals surface area contributed by atoms with Gasteiger partial charge < -0.3 is 21.1 Å². The molecule has 0 bridgehead atoms. The number of nitrogens with two attached hydrogens (primary N) is 1. The highest BCUT2D eigenvalue weighted by atomic mass is 19.1. The van der Waals surface area contributed by atoms with Gasteiger partial charge >= 0.3 is 0 Å². The minimum Gasteiger partial charge on any atom is -0.491 e. The first-order valence-corrected chi connectivity index (χ1v) is 8.73. The van der Waals surface area contributed by atoms with Gasteiger partial charge in [-0.3, -0.25) is 9.79 Å². The molecular weight excluding hydrogens is 347 g/mol. The number of amides is 1. The second-order valence-corrected chi connectivity index (χ2v) is 6.30. The van der Waals surface area contributed by atoms with Crippen molar-refractivity contribution in [3.8, 4) is 5.75 Å². The lowest BCUT2D eigenvalue weighted by Gasteiger charge is -2.11. The zero-order valence-electron chi connectivity index (χ0n) is 15.8. The summed E-state index contributed by atoms with van der Waals surface area (Å²) in [4.78, 5) is 16.1. The summed E-state index contributed by atoms with van der Waals surface area (Å²) in [6.45, 7) is 6.16. The molecule has 0 aliphatic heterocycles. The van der Waals surface area contributed by atoms with Crippen molar-refractivity contribution in [3.63, 3.8) is 0 Å². The van der Waals surface area contributed by atoms with Gasteiger partial charge in [0.1, 0.15) is 11.6 Å². The lowest BCUT2D eigenvalue weighted by molar-refractivity contribution is 0.0954. The number of aliphatic imine (C=N–C) groups is 1. The summed E-state index contributed by atoms with van der Waals surface area (Å²) in [5.41, 5.74) is 7.39. The molecule has 0 atom stereocenters. The van der Waals surface area contributed by atoms with Crippen molar-refractivity contribution in [2.75, 3.05) is 18.4 Å². The number of aryl methyl sites for hydroxylation is 1. The molecule has 0 aliphatic carbocycles. The summed E-state index contributed by atoms with van der Waals surface area (Å²) in [6.07, 6.45) is 0.113. The molecule has 27 heavy (non-hydrogen) atoms. The molecule has 0 spiro atoms. The van der Waals surface area contributed by atoms with Gasteiger partial charge in [-0.15, -0.1) is 0 Å². The van der Waals surface area contributed by atoms with E-state index in [2.05, 4.69) is 15.6 Å². The van der Waals surface area contributed by atoms with Crippen LogP contribution in [-0.2, 0) is 0 Å². The van der Waals surface area contributed by atoms with E-state index in [-0.39, 0.29) is 30.1 Å². The topological polar surface area (TPSA) is 88.7 Å². The van der Waals surface area contributed by atoms with E-state index in [1.165, 1.54) is 6.07 Å². The predicted molar refractivity (Wildman–Crippen MR) is 106 cm³/mol. The standard InChI is InChI=1S/C20H25FN4O2/c1-13(2)27-17-8-6-16(7-9-17)25-20(22)24-11-10-23-19(26)15-5-4-14(3)18(21)12-15/h4-9,12-13H,10-11H2,1-3H3,(H,23,26)(H3,22,24,25). The summed E-state index contributed by atoms with van der Waals surface area (Å²) < 4.78 is 19.1. The number of ether oxygens (including phenoxy) is 1. The molecule has 6 nitrogen and oxygen atoms in total. The first kappa shape index (κ1) is 20.2. The van der Waals surface area contributed by atoms with Crippen molar-refractivity contribution in [1.82, 2.24) is 5.32 Å². The number of rotatable bonds is 7. The van der Waals surface area contributed by atoms with Crippen LogP contribution in [0.15, 0.2) is 47.5 Å². The SMILES string of the molecule is Cc1ccc(C(=O)NCCN=C(N)Nc2ccc(OC(C)C)cc2)cc1F. The van der Waals surface area contributed by atoms with Crippen molar-refractivity contribution < 1.29 is 13.9 Å². The van der Waals surface area contributed by atoms with E-state index in [0.29, 0.717) is 12.1 Å². The normalized spacial score (nSPS) is 11.4. The van der Waals surface area contributed by atoms with Gasteiger partial charge in [0, 0.05) is 17.8 Å². The van der Waals surface area contributed by atoms with Crippen molar-refractivity contribution in [2.45, 2.75) is 26.9 Å². The van der Waals surface area contributed by atoms with E-state index in [9.17, 15) is 9.18 Å². The lowest BCUT2D eigenvalue weighted by atomic mass is 10.1. The van der Waals surface area contributed by atoms with E-state index in [1.54, 1.807) is 19.1 Å². The number of nitrogens with zero attached hydrogens (tertiary/aromatic N) is 1. The smallest absolute Gasteiger partial charge is 0.251 e. The van der Waals surface area contributed by atoms with Crippen LogP contribution in [0.1, 0.15) is 29.8 Å². The first-order chi connectivity index (χ1) is 12.8. The van der Waals surface area contributed by atoms with Gasteiger partial charge in [-0.05, 0) is 62.7 Å². The molecule has 2 aromatic carbocycles. The number of benzene rings is 2. The van der Waals surface area contributed by atoms with E-state index < -0.39 is 5.82 Å². The molecular formula is C20H25FN4O2. The average Bonchev–Trinajstić information content (AvgIpc) is 2.62. The third-order valence-electron chi connectivity index (χ3n) is 3.61. The summed E-state index contributed by atoms with van der Waals surface area (Å²) in [7, 11) is 0. The van der Waals surface area contributed by atoms with Crippen LogP contribution in [0.4, 0.5) is 10.1 Å². The molecule has 4 N–H and O–H groups in total. The molecule has 0 aliphatic rings. The van der Waals surface area contributed by atoms with E-state index >= 15 is 0 Å². The molecule has 0 saturated carbocycles. The Morgan fingerprint density at radius 3 is 2.56 bits per heavy atom. The largest absolute Gasteiger partial charge is 0.491 e. The highest BCUT2D eigenvalue weighted by Gasteiger charge is 2.07. The van der Waals surface area contributed by atoms with E-state index in [1.807, 2.05) is 38.1 Å². The minimum atomic E-state index is -0.404. The fourth-order valence-electron chi connectivity index (χ4n) is 2.26. The maximum absolute atomic E-state index is 13.5. The Balaban J connectivity index is 1.78. The monoisotopic (exact) mass is 372 g/mol. The van der Waals surface area contributed by atoms with Crippen molar-refractivity contribution >= 4 is 17.6 Å².